The number of fused-ring (bicyclic) bond motifs is 2. The van der Waals surface area contributed by atoms with Crippen LogP contribution in [0.3, 0.4) is 0 Å². The third-order valence-corrected chi connectivity index (χ3v) is 8.14. The van der Waals surface area contributed by atoms with Gasteiger partial charge in [-0.05, 0) is 54.4 Å². The molecule has 2 aromatic carbocycles. The number of hydrogen-bond acceptors (Lipinski definition) is 6. The molecule has 0 amide bonds. The number of aliphatic hydroxyl groups is 1. The van der Waals surface area contributed by atoms with Gasteiger partial charge in [-0.3, -0.25) is 0 Å². The molecule has 0 radical (unpaired) electrons. The lowest BCUT2D eigenvalue weighted by molar-refractivity contribution is 0.173. The first-order valence-corrected chi connectivity index (χ1v) is 13.2. The summed E-state index contributed by atoms with van der Waals surface area (Å²) in [6.45, 7) is 0.821. The third-order valence-electron chi connectivity index (χ3n) is 8.14. The molecule has 0 bridgehead atoms. The summed E-state index contributed by atoms with van der Waals surface area (Å²) in [6, 6.07) is 17.3. The summed E-state index contributed by atoms with van der Waals surface area (Å²) in [7, 11) is 0. The van der Waals surface area contributed by atoms with Crippen molar-refractivity contribution in [1.29, 1.82) is 0 Å². The summed E-state index contributed by atoms with van der Waals surface area (Å²) in [6.07, 6.45) is 11.5. The molecule has 1 saturated carbocycles. The highest BCUT2D eigenvalue weighted by atomic mass is 16.5. The topological polar surface area (TPSA) is 104 Å². The Kier molecular flexibility index (Phi) is 5.62. The summed E-state index contributed by atoms with van der Waals surface area (Å²) >= 11 is 0. The number of aliphatic hydroxyl groups excluding tert-OH is 1. The number of nitrogens with two attached hydrogens (primary N) is 1. The maximum atomic E-state index is 9.52. The van der Waals surface area contributed by atoms with Crippen molar-refractivity contribution in [2.45, 2.75) is 51.0 Å². The monoisotopic (exact) mass is 506 g/mol. The molecule has 8 nitrogen and oxygen atoms in total. The fourth-order valence-electron chi connectivity index (χ4n) is 6.06. The molecule has 3 N–H and O–H groups in total. The van der Waals surface area contributed by atoms with Gasteiger partial charge < -0.3 is 24.7 Å². The smallest absolute Gasteiger partial charge is 0.146 e. The zero-order chi connectivity index (χ0) is 25.6. The molecule has 192 valence electrons. The number of imidazole rings is 1. The van der Waals surface area contributed by atoms with Gasteiger partial charge in [0, 0.05) is 36.7 Å². The number of aromatic nitrogens is 5. The molecule has 1 atom stereocenters. The van der Waals surface area contributed by atoms with Crippen molar-refractivity contribution in [1.82, 2.24) is 24.1 Å². The molecule has 1 aliphatic heterocycles. The molecule has 0 unspecified atom stereocenters. The van der Waals surface area contributed by atoms with Crippen LogP contribution in [0.2, 0.25) is 0 Å². The van der Waals surface area contributed by atoms with Crippen molar-refractivity contribution in [2.75, 3.05) is 5.73 Å². The Bertz CT molecular complexity index is 1600. The Morgan fingerprint density at radius 2 is 1.92 bits per heavy atom. The first-order valence-electron chi connectivity index (χ1n) is 13.2. The minimum atomic E-state index is -0.0401. The molecule has 38 heavy (non-hydrogen) atoms. The van der Waals surface area contributed by atoms with Crippen LogP contribution in [0.1, 0.15) is 48.4 Å². The second-order valence-electron chi connectivity index (χ2n) is 10.4. The van der Waals surface area contributed by atoms with Gasteiger partial charge in [-0.15, -0.1) is 0 Å². The van der Waals surface area contributed by atoms with Crippen molar-refractivity contribution >= 4 is 16.9 Å². The Balaban J connectivity index is 1.18. The zero-order valence-corrected chi connectivity index (χ0v) is 21.1. The molecule has 7 rings (SSSR count). The Morgan fingerprint density at radius 3 is 2.76 bits per heavy atom. The zero-order valence-electron chi connectivity index (χ0n) is 21.1. The molecule has 2 aliphatic rings. The molecule has 1 fully saturated rings. The lowest BCUT2D eigenvalue weighted by atomic mass is 9.80. The first kappa shape index (κ1) is 23.0. The molecule has 1 aliphatic carbocycles. The predicted molar refractivity (Wildman–Crippen MR) is 145 cm³/mol. The molecular formula is C30H30N6O2. The SMILES string of the molecule is Nc1ncnc2c1c(-c1ccc3c(c1)O[C@@H](c1ccccc1)CC3)cn2C1CC(Cn2ccnc2CO)C1. The van der Waals surface area contributed by atoms with E-state index in [2.05, 4.69) is 72.7 Å². The Hall–Kier alpha value is -4.17. The van der Waals surface area contributed by atoms with E-state index < -0.39 is 0 Å². The minimum absolute atomic E-state index is 0.0401. The van der Waals surface area contributed by atoms with E-state index in [4.69, 9.17) is 10.5 Å². The van der Waals surface area contributed by atoms with E-state index in [-0.39, 0.29) is 12.7 Å². The van der Waals surface area contributed by atoms with Crippen LogP contribution in [0.15, 0.2) is 73.4 Å². The van der Waals surface area contributed by atoms with Crippen molar-refractivity contribution in [3.8, 4) is 16.9 Å². The van der Waals surface area contributed by atoms with E-state index in [0.717, 1.165) is 60.1 Å². The normalized spacial score (nSPS) is 20.6. The van der Waals surface area contributed by atoms with E-state index in [1.165, 1.54) is 11.1 Å². The fraction of sp³-hybridized carbons (Fsp3) is 0.300. The molecule has 0 saturated heterocycles. The predicted octanol–water partition coefficient (Wildman–Crippen LogP) is 5.09. The number of ether oxygens (including phenoxy) is 1. The largest absolute Gasteiger partial charge is 0.485 e. The highest BCUT2D eigenvalue weighted by Gasteiger charge is 2.33. The number of nitrogens with zero attached hydrogens (tertiary/aromatic N) is 5. The van der Waals surface area contributed by atoms with Crippen LogP contribution in [0.4, 0.5) is 5.82 Å². The summed E-state index contributed by atoms with van der Waals surface area (Å²) in [5, 5.41) is 10.4. The lowest BCUT2D eigenvalue weighted by Gasteiger charge is -2.37. The van der Waals surface area contributed by atoms with Crippen LogP contribution in [-0.2, 0) is 19.6 Å². The Labute approximate surface area is 220 Å². The van der Waals surface area contributed by atoms with Crippen molar-refractivity contribution < 1.29 is 9.84 Å². The van der Waals surface area contributed by atoms with Crippen LogP contribution in [0, 0.1) is 5.92 Å². The minimum Gasteiger partial charge on any atom is -0.485 e. The lowest BCUT2D eigenvalue weighted by Crippen LogP contribution is -2.30. The number of anilines is 1. The van der Waals surface area contributed by atoms with Crippen LogP contribution in [0.5, 0.6) is 5.75 Å². The van der Waals surface area contributed by atoms with Crippen molar-refractivity contribution in [3.05, 3.63) is 90.4 Å². The standard InChI is InChI=1S/C30H30N6O2/c31-29-28-24(22-7-6-21-8-9-25(38-26(21)14-22)20-4-2-1-3-5-20)16-36(30(28)34-18-33-29)23-12-19(13-23)15-35-11-10-32-27(35)17-37/h1-7,10-11,14,16,18-19,23,25,37H,8-9,12-13,15,17H2,(H2,31,33,34)/t19?,23?,25-/m1/s1. The molecule has 0 spiro atoms. The number of nitrogen functional groups attached to an aromatic ring is 1. The van der Waals surface area contributed by atoms with Gasteiger partial charge in [0.15, 0.2) is 0 Å². The van der Waals surface area contributed by atoms with Gasteiger partial charge in [-0.25, -0.2) is 15.0 Å². The van der Waals surface area contributed by atoms with E-state index in [9.17, 15) is 5.11 Å². The third kappa shape index (κ3) is 3.92. The molecule has 3 aromatic heterocycles. The van der Waals surface area contributed by atoms with Gasteiger partial charge in [0.05, 0.1) is 5.39 Å². The van der Waals surface area contributed by atoms with E-state index >= 15 is 0 Å². The second kappa shape index (κ2) is 9.29. The number of benzene rings is 2. The maximum Gasteiger partial charge on any atom is 0.146 e. The van der Waals surface area contributed by atoms with Crippen molar-refractivity contribution in [2.24, 2.45) is 5.92 Å². The van der Waals surface area contributed by atoms with Crippen LogP contribution >= 0.6 is 0 Å². The van der Waals surface area contributed by atoms with Crippen LogP contribution in [0.25, 0.3) is 22.2 Å². The average Bonchev–Trinajstić information content (AvgIpc) is 3.55. The Morgan fingerprint density at radius 1 is 1.05 bits per heavy atom. The van der Waals surface area contributed by atoms with E-state index in [1.54, 1.807) is 12.5 Å². The summed E-state index contributed by atoms with van der Waals surface area (Å²) < 4.78 is 10.8. The van der Waals surface area contributed by atoms with Gasteiger partial charge in [0.25, 0.3) is 0 Å². The number of hydrogen-bond donors (Lipinski definition) is 2. The molecule has 8 heteroatoms. The van der Waals surface area contributed by atoms with Gasteiger partial charge in [-0.2, -0.15) is 0 Å². The summed E-state index contributed by atoms with van der Waals surface area (Å²) in [5.74, 6) is 2.66. The summed E-state index contributed by atoms with van der Waals surface area (Å²) in [5.41, 5.74) is 11.8. The van der Waals surface area contributed by atoms with E-state index in [1.807, 2.05) is 12.3 Å². The number of aryl methyl sites for hydroxylation is 1. The van der Waals surface area contributed by atoms with Gasteiger partial charge in [0.2, 0.25) is 0 Å². The van der Waals surface area contributed by atoms with Gasteiger partial charge in [-0.1, -0.05) is 42.5 Å². The van der Waals surface area contributed by atoms with E-state index in [0.29, 0.717) is 23.6 Å². The fourth-order valence-corrected chi connectivity index (χ4v) is 6.06. The number of rotatable bonds is 6. The highest BCUT2D eigenvalue weighted by molar-refractivity contribution is 6.00. The second-order valence-corrected chi connectivity index (χ2v) is 10.4. The molecule has 5 aromatic rings. The van der Waals surface area contributed by atoms with Crippen molar-refractivity contribution in [3.63, 3.8) is 0 Å². The quantitative estimate of drug-likeness (QED) is 0.333. The average molecular weight is 507 g/mol. The first-order chi connectivity index (χ1) is 18.7. The van der Waals surface area contributed by atoms with Gasteiger partial charge >= 0.3 is 0 Å². The van der Waals surface area contributed by atoms with Crippen LogP contribution in [-0.4, -0.2) is 29.2 Å². The highest BCUT2D eigenvalue weighted by Crippen LogP contribution is 2.45. The maximum absolute atomic E-state index is 9.52. The van der Waals surface area contributed by atoms with Gasteiger partial charge in [0.1, 0.15) is 42.1 Å². The molecule has 4 heterocycles. The summed E-state index contributed by atoms with van der Waals surface area (Å²) in [4.78, 5) is 13.2. The van der Waals surface area contributed by atoms with Crippen LogP contribution < -0.4 is 10.5 Å². The molecular weight excluding hydrogens is 476 g/mol.